The van der Waals surface area contributed by atoms with Crippen LogP contribution in [0.5, 0.6) is 0 Å². The third-order valence-electron chi connectivity index (χ3n) is 3.84. The topological polar surface area (TPSA) is 65.1 Å². The lowest BCUT2D eigenvalue weighted by molar-refractivity contribution is 0.612. The Labute approximate surface area is 141 Å². The van der Waals surface area contributed by atoms with Crippen molar-refractivity contribution in [3.05, 3.63) is 36.3 Å². The van der Waals surface area contributed by atoms with Crippen LogP contribution in [-0.2, 0) is 0 Å². The average molecular weight is 330 g/mol. The Balaban J connectivity index is 1.86. The second-order valence-corrected chi connectivity index (χ2v) is 6.03. The second-order valence-electron chi connectivity index (χ2n) is 6.03. The number of rotatable bonds is 6. The highest BCUT2D eigenvalue weighted by Gasteiger charge is 2.33. The fourth-order valence-electron chi connectivity index (χ4n) is 2.71. The van der Waals surface area contributed by atoms with Gasteiger partial charge in [-0.3, -0.25) is 0 Å². The molecule has 6 nitrogen and oxygen atoms in total. The molecule has 0 fully saturated rings. The van der Waals surface area contributed by atoms with E-state index in [0.717, 1.165) is 24.5 Å². The Morgan fingerprint density at radius 2 is 2.12 bits per heavy atom. The summed E-state index contributed by atoms with van der Waals surface area (Å²) >= 11 is 0. The highest BCUT2D eigenvalue weighted by Crippen LogP contribution is 2.35. The third kappa shape index (κ3) is 3.20. The molecule has 0 saturated heterocycles. The van der Waals surface area contributed by atoms with Crippen molar-refractivity contribution in [3.63, 3.8) is 0 Å². The van der Waals surface area contributed by atoms with Crippen molar-refractivity contribution in [2.24, 2.45) is 0 Å². The van der Waals surface area contributed by atoms with Gasteiger partial charge in [-0.2, -0.15) is 4.98 Å². The number of halogens is 1. The van der Waals surface area contributed by atoms with Gasteiger partial charge in [-0.05, 0) is 32.4 Å². The second kappa shape index (κ2) is 6.90. The predicted molar refractivity (Wildman–Crippen MR) is 95.9 cm³/mol. The Bertz CT molecular complexity index is 705. The molecule has 1 atom stereocenters. The smallest absolute Gasteiger partial charge is 0.224 e. The molecule has 2 heterocycles. The van der Waals surface area contributed by atoms with E-state index >= 15 is 0 Å². The minimum absolute atomic E-state index is 0.178. The number of hydrogen-bond donors (Lipinski definition) is 3. The van der Waals surface area contributed by atoms with Gasteiger partial charge in [0.2, 0.25) is 5.95 Å². The molecule has 0 radical (unpaired) electrons. The monoisotopic (exact) mass is 330 g/mol. The molecule has 3 rings (SSSR count). The van der Waals surface area contributed by atoms with Gasteiger partial charge in [0.15, 0.2) is 12.1 Å². The van der Waals surface area contributed by atoms with Gasteiger partial charge in [0.05, 0.1) is 17.6 Å². The first-order chi connectivity index (χ1) is 11.6. The zero-order valence-electron chi connectivity index (χ0n) is 14.2. The molecule has 0 aliphatic carbocycles. The minimum atomic E-state index is -0.285. The molecule has 24 heavy (non-hydrogen) atoms. The Morgan fingerprint density at radius 1 is 1.33 bits per heavy atom. The SMILES string of the molecule is CCCNc1ncc2c(n1)N(C(C)C)C(Nc1ccccc1F)N2. The minimum Gasteiger partial charge on any atom is -0.354 e. The number of para-hydroxylation sites is 1. The zero-order chi connectivity index (χ0) is 17.1. The lowest BCUT2D eigenvalue weighted by Crippen LogP contribution is -2.46. The quantitative estimate of drug-likeness (QED) is 0.754. The number of anilines is 4. The summed E-state index contributed by atoms with van der Waals surface area (Å²) in [5, 5.41) is 9.72. The van der Waals surface area contributed by atoms with Gasteiger partial charge in [-0.1, -0.05) is 19.1 Å². The number of nitrogens with zero attached hydrogens (tertiary/aromatic N) is 3. The summed E-state index contributed by atoms with van der Waals surface area (Å²) in [4.78, 5) is 11.0. The van der Waals surface area contributed by atoms with Crippen molar-refractivity contribution in [1.82, 2.24) is 9.97 Å². The molecule has 0 saturated carbocycles. The van der Waals surface area contributed by atoms with E-state index in [-0.39, 0.29) is 18.1 Å². The molecule has 1 aliphatic heterocycles. The first-order valence-electron chi connectivity index (χ1n) is 8.27. The molecule has 7 heteroatoms. The van der Waals surface area contributed by atoms with E-state index in [9.17, 15) is 4.39 Å². The van der Waals surface area contributed by atoms with Crippen molar-refractivity contribution in [3.8, 4) is 0 Å². The maximum Gasteiger partial charge on any atom is 0.224 e. The van der Waals surface area contributed by atoms with E-state index < -0.39 is 0 Å². The van der Waals surface area contributed by atoms with Gasteiger partial charge < -0.3 is 20.9 Å². The summed E-state index contributed by atoms with van der Waals surface area (Å²) in [6.45, 7) is 7.07. The van der Waals surface area contributed by atoms with E-state index in [1.165, 1.54) is 6.07 Å². The van der Waals surface area contributed by atoms with E-state index in [4.69, 9.17) is 0 Å². The van der Waals surface area contributed by atoms with Crippen LogP contribution in [0, 0.1) is 5.82 Å². The van der Waals surface area contributed by atoms with E-state index in [1.54, 1.807) is 24.4 Å². The summed E-state index contributed by atoms with van der Waals surface area (Å²) in [5.41, 5.74) is 1.28. The number of fused-ring (bicyclic) bond motifs is 1. The lowest BCUT2D eigenvalue weighted by Gasteiger charge is -2.30. The summed E-state index contributed by atoms with van der Waals surface area (Å²) < 4.78 is 14.0. The highest BCUT2D eigenvalue weighted by atomic mass is 19.1. The number of benzene rings is 1. The summed E-state index contributed by atoms with van der Waals surface area (Å²) in [6, 6.07) is 6.82. The average Bonchev–Trinajstić information content (AvgIpc) is 2.92. The molecule has 3 N–H and O–H groups in total. The van der Waals surface area contributed by atoms with Gasteiger partial charge in [0, 0.05) is 12.6 Å². The number of nitrogens with one attached hydrogen (secondary N) is 3. The van der Waals surface area contributed by atoms with E-state index in [2.05, 4.69) is 51.6 Å². The fourth-order valence-corrected chi connectivity index (χ4v) is 2.71. The summed E-state index contributed by atoms with van der Waals surface area (Å²) in [6.07, 6.45) is 2.48. The van der Waals surface area contributed by atoms with Crippen LogP contribution in [0.25, 0.3) is 0 Å². The third-order valence-corrected chi connectivity index (χ3v) is 3.84. The Hall–Kier alpha value is -2.57. The van der Waals surface area contributed by atoms with Gasteiger partial charge >= 0.3 is 0 Å². The first-order valence-corrected chi connectivity index (χ1v) is 8.27. The fraction of sp³-hybridized carbons (Fsp3) is 0.412. The molecule has 1 aromatic heterocycles. The lowest BCUT2D eigenvalue weighted by atomic mass is 10.3. The number of hydrogen-bond acceptors (Lipinski definition) is 6. The standard InChI is InChI=1S/C17H23FN6/c1-4-9-19-16-20-10-14-15(23-16)24(11(2)3)17(22-14)21-13-8-6-5-7-12(13)18/h5-8,10-11,17,21-22H,4,9H2,1-3H3,(H,19,20,23). The largest absolute Gasteiger partial charge is 0.354 e. The molecule has 0 spiro atoms. The van der Waals surface area contributed by atoms with Crippen molar-refractivity contribution in [1.29, 1.82) is 0 Å². The van der Waals surface area contributed by atoms with Gasteiger partial charge in [0.1, 0.15) is 5.82 Å². The van der Waals surface area contributed by atoms with E-state index in [1.807, 2.05) is 0 Å². The zero-order valence-corrected chi connectivity index (χ0v) is 14.2. The highest BCUT2D eigenvalue weighted by molar-refractivity contribution is 5.74. The number of aromatic nitrogens is 2. The molecule has 1 aliphatic rings. The van der Waals surface area contributed by atoms with Crippen molar-refractivity contribution >= 4 is 23.1 Å². The molecule has 0 amide bonds. The molecule has 0 bridgehead atoms. The van der Waals surface area contributed by atoms with E-state index in [0.29, 0.717) is 11.6 Å². The summed E-state index contributed by atoms with van der Waals surface area (Å²) in [7, 11) is 0. The molecular formula is C17H23FN6. The summed E-state index contributed by atoms with van der Waals surface area (Å²) in [5.74, 6) is 1.14. The van der Waals surface area contributed by atoms with Crippen molar-refractivity contribution in [2.75, 3.05) is 27.4 Å². The van der Waals surface area contributed by atoms with Crippen LogP contribution < -0.4 is 20.9 Å². The maximum absolute atomic E-state index is 14.0. The predicted octanol–water partition coefficient (Wildman–Crippen LogP) is 3.47. The van der Waals surface area contributed by atoms with Crippen molar-refractivity contribution < 1.29 is 4.39 Å². The van der Waals surface area contributed by atoms with Gasteiger partial charge in [-0.25, -0.2) is 9.37 Å². The van der Waals surface area contributed by atoms with Crippen LogP contribution in [-0.4, -0.2) is 28.8 Å². The van der Waals surface area contributed by atoms with Crippen LogP contribution in [0.15, 0.2) is 30.5 Å². The molecule has 1 aromatic carbocycles. The molecular weight excluding hydrogens is 307 g/mol. The van der Waals surface area contributed by atoms with Crippen molar-refractivity contribution in [2.45, 2.75) is 39.5 Å². The first kappa shape index (κ1) is 16.3. The van der Waals surface area contributed by atoms with Gasteiger partial charge in [-0.15, -0.1) is 0 Å². The van der Waals surface area contributed by atoms with Crippen LogP contribution in [0.3, 0.4) is 0 Å². The normalized spacial score (nSPS) is 16.0. The maximum atomic E-state index is 14.0. The molecule has 1 unspecified atom stereocenters. The Morgan fingerprint density at radius 3 is 2.83 bits per heavy atom. The van der Waals surface area contributed by atoms with Crippen LogP contribution in [0.1, 0.15) is 27.2 Å². The van der Waals surface area contributed by atoms with Crippen LogP contribution in [0.2, 0.25) is 0 Å². The van der Waals surface area contributed by atoms with Gasteiger partial charge in [0.25, 0.3) is 0 Å². The molecule has 128 valence electrons. The van der Waals surface area contributed by atoms with Crippen LogP contribution in [0.4, 0.5) is 27.5 Å². The van der Waals surface area contributed by atoms with Crippen LogP contribution >= 0.6 is 0 Å². The molecule has 2 aromatic rings. The Kier molecular flexibility index (Phi) is 4.69.